The van der Waals surface area contributed by atoms with Crippen LogP contribution in [0.15, 0.2) is 30.6 Å². The standard InChI is InChI=1S/C19H21ClF2N4O/c1-12-18-3-2-16(27-17-7-14(21)6-15(22)8-17)11-25(18)4-5-26(12)19-23-9-13(20)10-24-19/h6-10,12,16,18H,2-5,11H2,1H3/t12?,16-,18+/m1/s1. The number of piperidine rings is 1. The van der Waals surface area contributed by atoms with Crippen LogP contribution >= 0.6 is 11.6 Å². The predicted octanol–water partition coefficient (Wildman–Crippen LogP) is 3.53. The molecule has 0 aliphatic carbocycles. The fourth-order valence-corrected chi connectivity index (χ4v) is 4.20. The third kappa shape index (κ3) is 3.99. The first-order chi connectivity index (χ1) is 13.0. The molecule has 5 nitrogen and oxygen atoms in total. The van der Waals surface area contributed by atoms with E-state index in [-0.39, 0.29) is 17.9 Å². The van der Waals surface area contributed by atoms with Gasteiger partial charge in [-0.1, -0.05) is 11.6 Å². The van der Waals surface area contributed by atoms with Crippen LogP contribution in [0.1, 0.15) is 19.8 Å². The van der Waals surface area contributed by atoms with Crippen LogP contribution in [0.3, 0.4) is 0 Å². The number of rotatable bonds is 3. The van der Waals surface area contributed by atoms with Crippen LogP contribution in [-0.2, 0) is 0 Å². The first-order valence-electron chi connectivity index (χ1n) is 9.10. The van der Waals surface area contributed by atoms with Gasteiger partial charge in [0.1, 0.15) is 23.5 Å². The summed E-state index contributed by atoms with van der Waals surface area (Å²) in [4.78, 5) is 13.3. The summed E-state index contributed by atoms with van der Waals surface area (Å²) in [5, 5.41) is 0.525. The largest absolute Gasteiger partial charge is 0.489 e. The lowest BCUT2D eigenvalue weighted by Gasteiger charge is -2.50. The van der Waals surface area contributed by atoms with Crippen molar-refractivity contribution in [1.82, 2.24) is 14.9 Å². The lowest BCUT2D eigenvalue weighted by Crippen LogP contribution is -2.62. The Bertz CT molecular complexity index is 787. The SMILES string of the molecule is CC1[C@@H]2CC[C@@H](Oc3cc(F)cc(F)c3)CN2CCN1c1ncc(Cl)cn1. The minimum Gasteiger partial charge on any atom is -0.489 e. The van der Waals surface area contributed by atoms with Gasteiger partial charge in [0, 0.05) is 49.9 Å². The van der Waals surface area contributed by atoms with Gasteiger partial charge in [0.2, 0.25) is 5.95 Å². The Balaban J connectivity index is 1.41. The summed E-state index contributed by atoms with van der Waals surface area (Å²) in [5.74, 6) is -0.301. The van der Waals surface area contributed by atoms with Gasteiger partial charge in [0.15, 0.2) is 0 Å². The van der Waals surface area contributed by atoms with Crippen LogP contribution in [-0.4, -0.2) is 52.7 Å². The third-order valence-corrected chi connectivity index (χ3v) is 5.57. The smallest absolute Gasteiger partial charge is 0.225 e. The Morgan fingerprint density at radius 3 is 2.48 bits per heavy atom. The highest BCUT2D eigenvalue weighted by atomic mass is 35.5. The number of aromatic nitrogens is 2. The number of hydrogen-bond acceptors (Lipinski definition) is 5. The van der Waals surface area contributed by atoms with Gasteiger partial charge in [-0.15, -0.1) is 0 Å². The van der Waals surface area contributed by atoms with E-state index in [0.29, 0.717) is 17.0 Å². The van der Waals surface area contributed by atoms with Gasteiger partial charge in [-0.25, -0.2) is 18.7 Å². The van der Waals surface area contributed by atoms with Gasteiger partial charge in [0.25, 0.3) is 0 Å². The fraction of sp³-hybridized carbons (Fsp3) is 0.474. The Hall–Kier alpha value is -1.99. The van der Waals surface area contributed by atoms with Crippen molar-refractivity contribution < 1.29 is 13.5 Å². The molecule has 2 saturated heterocycles. The molecule has 0 N–H and O–H groups in total. The van der Waals surface area contributed by atoms with Gasteiger partial charge in [-0.3, -0.25) is 4.90 Å². The van der Waals surface area contributed by atoms with Gasteiger partial charge in [-0.05, 0) is 19.8 Å². The molecule has 0 radical (unpaired) electrons. The van der Waals surface area contributed by atoms with Crippen LogP contribution in [0.5, 0.6) is 5.75 Å². The zero-order valence-corrected chi connectivity index (χ0v) is 15.7. The molecule has 144 valence electrons. The van der Waals surface area contributed by atoms with E-state index in [4.69, 9.17) is 16.3 Å². The molecule has 2 fully saturated rings. The molecule has 0 bridgehead atoms. The Morgan fingerprint density at radius 2 is 1.78 bits per heavy atom. The number of piperazine rings is 1. The normalized spacial score (nSPS) is 25.9. The number of nitrogens with zero attached hydrogens (tertiary/aromatic N) is 4. The van der Waals surface area contributed by atoms with E-state index in [1.54, 1.807) is 12.4 Å². The molecule has 2 aromatic rings. The number of ether oxygens (including phenoxy) is 1. The summed E-state index contributed by atoms with van der Waals surface area (Å²) < 4.78 is 32.6. The average molecular weight is 395 g/mol. The van der Waals surface area contributed by atoms with Gasteiger partial charge >= 0.3 is 0 Å². The third-order valence-electron chi connectivity index (χ3n) is 5.37. The second-order valence-corrected chi connectivity index (χ2v) is 7.56. The second-order valence-electron chi connectivity index (χ2n) is 7.12. The van der Waals surface area contributed by atoms with Crippen molar-refractivity contribution in [2.24, 2.45) is 0 Å². The van der Waals surface area contributed by atoms with E-state index in [1.165, 1.54) is 12.1 Å². The number of anilines is 1. The molecule has 3 heterocycles. The van der Waals surface area contributed by atoms with Crippen molar-refractivity contribution in [1.29, 1.82) is 0 Å². The van der Waals surface area contributed by atoms with Crippen LogP contribution in [0.4, 0.5) is 14.7 Å². The highest BCUT2D eigenvalue weighted by molar-refractivity contribution is 6.30. The van der Waals surface area contributed by atoms with Gasteiger partial charge in [0.05, 0.1) is 17.4 Å². The molecule has 4 rings (SSSR count). The summed E-state index contributed by atoms with van der Waals surface area (Å²) in [7, 11) is 0. The van der Waals surface area contributed by atoms with Crippen molar-refractivity contribution in [3.05, 3.63) is 47.2 Å². The molecule has 0 spiro atoms. The van der Waals surface area contributed by atoms with Crippen molar-refractivity contribution in [3.63, 3.8) is 0 Å². The maximum absolute atomic E-state index is 13.4. The average Bonchev–Trinajstić information content (AvgIpc) is 2.62. The van der Waals surface area contributed by atoms with Crippen molar-refractivity contribution >= 4 is 17.5 Å². The molecule has 0 saturated carbocycles. The molecule has 8 heteroatoms. The Morgan fingerprint density at radius 1 is 1.07 bits per heavy atom. The molecule has 1 aromatic heterocycles. The topological polar surface area (TPSA) is 41.5 Å². The minimum atomic E-state index is -0.621. The summed E-state index contributed by atoms with van der Waals surface area (Å²) >= 11 is 5.89. The number of benzene rings is 1. The van der Waals surface area contributed by atoms with Crippen molar-refractivity contribution in [2.45, 2.75) is 38.0 Å². The van der Waals surface area contributed by atoms with E-state index in [2.05, 4.69) is 26.7 Å². The van der Waals surface area contributed by atoms with Crippen LogP contribution in [0.25, 0.3) is 0 Å². The number of halogens is 3. The monoisotopic (exact) mass is 394 g/mol. The second kappa shape index (κ2) is 7.56. The van der Waals surface area contributed by atoms with Crippen LogP contribution in [0, 0.1) is 11.6 Å². The summed E-state index contributed by atoms with van der Waals surface area (Å²) in [5.41, 5.74) is 0. The summed E-state index contributed by atoms with van der Waals surface area (Å²) in [6.07, 6.45) is 4.93. The van der Waals surface area contributed by atoms with E-state index in [0.717, 1.165) is 38.5 Å². The molecule has 27 heavy (non-hydrogen) atoms. The quantitative estimate of drug-likeness (QED) is 0.796. The lowest BCUT2D eigenvalue weighted by molar-refractivity contribution is 0.0284. The molecular formula is C19H21ClF2N4O. The maximum Gasteiger partial charge on any atom is 0.225 e. The maximum atomic E-state index is 13.4. The van der Waals surface area contributed by atoms with Crippen molar-refractivity contribution in [3.8, 4) is 5.75 Å². The Kier molecular flexibility index (Phi) is 5.14. The van der Waals surface area contributed by atoms with Gasteiger partial charge in [-0.2, -0.15) is 0 Å². The van der Waals surface area contributed by atoms with Gasteiger partial charge < -0.3 is 9.64 Å². The summed E-state index contributed by atoms with van der Waals surface area (Å²) in [6.45, 7) is 4.58. The zero-order valence-electron chi connectivity index (χ0n) is 15.0. The van der Waals surface area contributed by atoms with Crippen LogP contribution in [0.2, 0.25) is 5.02 Å². The molecule has 2 aliphatic heterocycles. The highest BCUT2D eigenvalue weighted by Crippen LogP contribution is 2.30. The van der Waals surface area contributed by atoms with E-state index in [1.807, 2.05) is 0 Å². The molecule has 1 aromatic carbocycles. The lowest BCUT2D eigenvalue weighted by atomic mass is 9.92. The molecule has 3 atom stereocenters. The summed E-state index contributed by atoms with van der Waals surface area (Å²) in [6, 6.07) is 3.93. The molecule has 1 unspecified atom stereocenters. The first kappa shape index (κ1) is 18.4. The predicted molar refractivity (Wildman–Crippen MR) is 99.2 cm³/mol. The Labute approximate surface area is 161 Å². The van der Waals surface area contributed by atoms with E-state index >= 15 is 0 Å². The van der Waals surface area contributed by atoms with E-state index < -0.39 is 11.6 Å². The first-order valence-corrected chi connectivity index (χ1v) is 9.48. The van der Waals surface area contributed by atoms with Crippen LogP contribution < -0.4 is 9.64 Å². The zero-order chi connectivity index (χ0) is 19.0. The van der Waals surface area contributed by atoms with Crippen molar-refractivity contribution in [2.75, 3.05) is 24.5 Å². The fourth-order valence-electron chi connectivity index (χ4n) is 4.10. The minimum absolute atomic E-state index is 0.0759. The number of fused-ring (bicyclic) bond motifs is 1. The molecular weight excluding hydrogens is 374 g/mol. The molecule has 0 amide bonds. The number of hydrogen-bond donors (Lipinski definition) is 0. The van der Waals surface area contributed by atoms with E-state index in [9.17, 15) is 8.78 Å². The molecule has 2 aliphatic rings. The highest BCUT2D eigenvalue weighted by Gasteiger charge is 2.39.